The molecule has 2 N–H and O–H groups in total. The molecular weight excluding hydrogens is 220 g/mol. The highest BCUT2D eigenvalue weighted by Crippen LogP contribution is 2.10. The van der Waals surface area contributed by atoms with Gasteiger partial charge in [0, 0.05) is 5.69 Å². The topological polar surface area (TPSA) is 56.7 Å². The molecule has 0 saturated heterocycles. The molecule has 0 aliphatic rings. The van der Waals surface area contributed by atoms with Crippen molar-refractivity contribution in [2.45, 2.75) is 13.8 Å². The smallest absolute Gasteiger partial charge is 0.154 e. The molecule has 0 spiro atoms. The summed E-state index contributed by atoms with van der Waals surface area (Å²) in [5.74, 6) is 0.732. The Morgan fingerprint density at radius 1 is 1.38 bits per heavy atom. The average molecular weight is 232 g/mol. The predicted molar refractivity (Wildman–Crippen MR) is 66.7 cm³/mol. The van der Waals surface area contributed by atoms with Gasteiger partial charge >= 0.3 is 0 Å². The number of aromatic nitrogens is 3. The molecule has 0 saturated carbocycles. The summed E-state index contributed by atoms with van der Waals surface area (Å²) in [7, 11) is 0. The molecule has 2 rings (SSSR count). The normalized spacial score (nSPS) is 10.4. The molecule has 5 heteroatoms. The van der Waals surface area contributed by atoms with E-state index in [1.165, 1.54) is 0 Å². The zero-order valence-electron chi connectivity index (χ0n) is 9.14. The van der Waals surface area contributed by atoms with Gasteiger partial charge in [0.25, 0.3) is 0 Å². The molecule has 0 amide bonds. The van der Waals surface area contributed by atoms with E-state index in [-0.39, 0.29) is 0 Å². The molecule has 4 nitrogen and oxygen atoms in total. The second-order valence-electron chi connectivity index (χ2n) is 3.58. The van der Waals surface area contributed by atoms with Gasteiger partial charge in [-0.1, -0.05) is 18.3 Å². The molecule has 0 aromatic carbocycles. The van der Waals surface area contributed by atoms with Crippen molar-refractivity contribution in [3.63, 3.8) is 0 Å². The Morgan fingerprint density at radius 3 is 2.69 bits per heavy atom. The summed E-state index contributed by atoms with van der Waals surface area (Å²) in [6, 6.07) is 7.53. The third-order valence-electron chi connectivity index (χ3n) is 2.21. The van der Waals surface area contributed by atoms with Gasteiger partial charge in [0.1, 0.15) is 4.99 Å². The Hall–Kier alpha value is -1.75. The van der Waals surface area contributed by atoms with E-state index in [9.17, 15) is 0 Å². The van der Waals surface area contributed by atoms with Crippen LogP contribution in [0.5, 0.6) is 0 Å². The Bertz CT molecular complexity index is 545. The summed E-state index contributed by atoms with van der Waals surface area (Å²) >= 11 is 4.90. The Morgan fingerprint density at radius 2 is 2.12 bits per heavy atom. The number of aryl methyl sites for hydroxylation is 2. The first-order valence-electron chi connectivity index (χ1n) is 4.88. The maximum absolute atomic E-state index is 5.54. The molecule has 0 unspecified atom stereocenters. The molecule has 2 aromatic rings. The van der Waals surface area contributed by atoms with E-state index in [0.717, 1.165) is 17.2 Å². The lowest BCUT2D eigenvalue weighted by atomic mass is 10.3. The molecular formula is C11H12N4S. The van der Waals surface area contributed by atoms with Crippen LogP contribution in [0.3, 0.4) is 0 Å². The molecule has 2 heterocycles. The summed E-state index contributed by atoms with van der Waals surface area (Å²) in [6.45, 7) is 3.93. The van der Waals surface area contributed by atoms with Crippen LogP contribution in [0.15, 0.2) is 24.3 Å². The second kappa shape index (κ2) is 4.02. The van der Waals surface area contributed by atoms with Gasteiger partial charge in [0.15, 0.2) is 5.82 Å². The summed E-state index contributed by atoms with van der Waals surface area (Å²) in [6.07, 6.45) is 0. The van der Waals surface area contributed by atoms with Crippen LogP contribution in [0.1, 0.15) is 17.1 Å². The first-order chi connectivity index (χ1) is 7.58. The minimum absolute atomic E-state index is 0.295. The van der Waals surface area contributed by atoms with Crippen LogP contribution in [-0.4, -0.2) is 19.8 Å². The van der Waals surface area contributed by atoms with Crippen LogP contribution in [0.4, 0.5) is 0 Å². The second-order valence-corrected chi connectivity index (χ2v) is 4.02. The summed E-state index contributed by atoms with van der Waals surface area (Å²) in [5.41, 5.74) is 8.15. The molecule has 0 atom stereocenters. The number of nitrogens with two attached hydrogens (primary N) is 1. The molecule has 0 aliphatic carbocycles. The summed E-state index contributed by atoms with van der Waals surface area (Å²) in [4.78, 5) is 4.65. The highest BCUT2D eigenvalue weighted by Gasteiger charge is 2.06. The number of nitrogens with zero attached hydrogens (tertiary/aromatic N) is 3. The largest absolute Gasteiger partial charge is 0.388 e. The van der Waals surface area contributed by atoms with E-state index in [1.807, 2.05) is 32.0 Å². The third-order valence-corrected chi connectivity index (χ3v) is 2.42. The number of hydrogen-bond donors (Lipinski definition) is 1. The van der Waals surface area contributed by atoms with Gasteiger partial charge in [-0.25, -0.2) is 9.67 Å². The fourth-order valence-corrected chi connectivity index (χ4v) is 1.65. The minimum Gasteiger partial charge on any atom is -0.388 e. The SMILES string of the molecule is Cc1cc(C)n(-c2cccc(C(N)=S)n2)n1. The van der Waals surface area contributed by atoms with E-state index in [4.69, 9.17) is 18.0 Å². The molecule has 0 radical (unpaired) electrons. The number of pyridine rings is 1. The maximum Gasteiger partial charge on any atom is 0.154 e. The number of thiocarbonyl (C=S) groups is 1. The van der Waals surface area contributed by atoms with Crippen molar-refractivity contribution in [2.24, 2.45) is 5.73 Å². The van der Waals surface area contributed by atoms with Gasteiger partial charge in [0.05, 0.1) is 11.4 Å². The number of hydrogen-bond acceptors (Lipinski definition) is 3. The van der Waals surface area contributed by atoms with Gasteiger partial charge < -0.3 is 5.73 Å². The first kappa shape index (κ1) is 10.8. The molecule has 82 valence electrons. The van der Waals surface area contributed by atoms with E-state index in [0.29, 0.717) is 10.7 Å². The monoisotopic (exact) mass is 232 g/mol. The van der Waals surface area contributed by atoms with Crippen molar-refractivity contribution in [2.75, 3.05) is 0 Å². The zero-order valence-corrected chi connectivity index (χ0v) is 9.95. The van der Waals surface area contributed by atoms with E-state index < -0.39 is 0 Å². The van der Waals surface area contributed by atoms with Crippen molar-refractivity contribution in [3.05, 3.63) is 41.3 Å². The van der Waals surface area contributed by atoms with Crippen LogP contribution in [0.25, 0.3) is 5.82 Å². The van der Waals surface area contributed by atoms with Gasteiger partial charge in [-0.2, -0.15) is 5.10 Å². The van der Waals surface area contributed by atoms with Gasteiger partial charge in [-0.3, -0.25) is 0 Å². The van der Waals surface area contributed by atoms with E-state index in [1.54, 1.807) is 10.7 Å². The lowest BCUT2D eigenvalue weighted by molar-refractivity contribution is 0.805. The van der Waals surface area contributed by atoms with Crippen molar-refractivity contribution in [1.29, 1.82) is 0 Å². The predicted octanol–water partition coefficient (Wildman–Crippen LogP) is 1.52. The van der Waals surface area contributed by atoms with Crippen molar-refractivity contribution >= 4 is 17.2 Å². The average Bonchev–Trinajstić information content (AvgIpc) is 2.58. The Labute approximate surface area is 99.1 Å². The van der Waals surface area contributed by atoms with Crippen LogP contribution in [-0.2, 0) is 0 Å². The fraction of sp³-hybridized carbons (Fsp3) is 0.182. The van der Waals surface area contributed by atoms with Crippen molar-refractivity contribution < 1.29 is 0 Å². The lowest BCUT2D eigenvalue weighted by Gasteiger charge is -2.04. The quantitative estimate of drug-likeness (QED) is 0.798. The van der Waals surface area contributed by atoms with Crippen LogP contribution < -0.4 is 5.73 Å². The summed E-state index contributed by atoms with van der Waals surface area (Å²) in [5, 5.41) is 4.35. The lowest BCUT2D eigenvalue weighted by Crippen LogP contribution is -2.13. The first-order valence-corrected chi connectivity index (χ1v) is 5.29. The maximum atomic E-state index is 5.54. The van der Waals surface area contributed by atoms with Crippen LogP contribution in [0, 0.1) is 13.8 Å². The number of rotatable bonds is 2. The van der Waals surface area contributed by atoms with Gasteiger partial charge in [0.2, 0.25) is 0 Å². The molecule has 2 aromatic heterocycles. The van der Waals surface area contributed by atoms with E-state index >= 15 is 0 Å². The van der Waals surface area contributed by atoms with Crippen molar-refractivity contribution in [1.82, 2.24) is 14.8 Å². The molecule has 0 fully saturated rings. The third kappa shape index (κ3) is 1.94. The van der Waals surface area contributed by atoms with Crippen LogP contribution in [0.2, 0.25) is 0 Å². The molecule has 0 bridgehead atoms. The highest BCUT2D eigenvalue weighted by molar-refractivity contribution is 7.80. The van der Waals surface area contributed by atoms with Gasteiger partial charge in [-0.05, 0) is 32.0 Å². The van der Waals surface area contributed by atoms with Crippen molar-refractivity contribution in [3.8, 4) is 5.82 Å². The minimum atomic E-state index is 0.295. The molecule has 16 heavy (non-hydrogen) atoms. The Balaban J connectivity index is 2.52. The zero-order chi connectivity index (χ0) is 11.7. The van der Waals surface area contributed by atoms with Crippen LogP contribution >= 0.6 is 12.2 Å². The Kier molecular flexibility index (Phi) is 2.70. The standard InChI is InChI=1S/C11H12N4S/c1-7-6-8(2)15(14-7)10-5-3-4-9(13-10)11(12)16/h3-6H,1-2H3,(H2,12,16). The van der Waals surface area contributed by atoms with E-state index in [2.05, 4.69) is 10.1 Å². The van der Waals surface area contributed by atoms with Gasteiger partial charge in [-0.15, -0.1) is 0 Å². The summed E-state index contributed by atoms with van der Waals surface area (Å²) < 4.78 is 1.77. The fourth-order valence-electron chi connectivity index (χ4n) is 1.54. The highest BCUT2D eigenvalue weighted by atomic mass is 32.1. The molecule has 0 aliphatic heterocycles.